The smallest absolute Gasteiger partial charge is 0.145 e. The van der Waals surface area contributed by atoms with E-state index in [0.29, 0.717) is 5.69 Å². The second-order valence-electron chi connectivity index (χ2n) is 2.95. The van der Waals surface area contributed by atoms with Gasteiger partial charge in [0.25, 0.3) is 0 Å². The molecule has 0 aliphatic rings. The molecule has 0 unspecified atom stereocenters. The zero-order valence-corrected chi connectivity index (χ0v) is 7.68. The van der Waals surface area contributed by atoms with Gasteiger partial charge in [0.1, 0.15) is 23.3 Å². The Hall–Kier alpha value is -2.35. The molecule has 4 nitrogen and oxygen atoms in total. The number of hydrogen-bond acceptors (Lipinski definition) is 3. The lowest BCUT2D eigenvalue weighted by molar-refractivity contribution is 0.625. The van der Waals surface area contributed by atoms with Gasteiger partial charge in [-0.05, 0) is 18.2 Å². The van der Waals surface area contributed by atoms with Crippen LogP contribution in [-0.4, -0.2) is 9.78 Å². The molecule has 0 aliphatic carbocycles. The SMILES string of the molecule is N#Cc1cnn(-c2cccc(F)c2)c1N. The van der Waals surface area contributed by atoms with Gasteiger partial charge in [0, 0.05) is 0 Å². The molecule has 0 fully saturated rings. The number of nitrogens with zero attached hydrogens (tertiary/aromatic N) is 3. The second kappa shape index (κ2) is 3.42. The molecule has 1 aromatic carbocycles. The fourth-order valence-electron chi connectivity index (χ4n) is 1.26. The molecular formula is C10H7FN4. The van der Waals surface area contributed by atoms with Gasteiger partial charge in [0.05, 0.1) is 11.9 Å². The Morgan fingerprint density at radius 3 is 2.87 bits per heavy atom. The van der Waals surface area contributed by atoms with Gasteiger partial charge in [-0.25, -0.2) is 9.07 Å². The Kier molecular flexibility index (Phi) is 2.10. The summed E-state index contributed by atoms with van der Waals surface area (Å²) in [4.78, 5) is 0. The molecule has 2 N–H and O–H groups in total. The summed E-state index contributed by atoms with van der Waals surface area (Å²) in [6.45, 7) is 0. The third-order valence-electron chi connectivity index (χ3n) is 1.98. The van der Waals surface area contributed by atoms with E-state index in [2.05, 4.69) is 5.10 Å². The van der Waals surface area contributed by atoms with Crippen LogP contribution in [0, 0.1) is 17.1 Å². The van der Waals surface area contributed by atoms with Crippen molar-refractivity contribution in [2.45, 2.75) is 0 Å². The molecule has 1 aromatic heterocycles. The van der Waals surface area contributed by atoms with E-state index in [9.17, 15) is 4.39 Å². The quantitative estimate of drug-likeness (QED) is 0.761. The Bertz CT molecular complexity index is 539. The highest BCUT2D eigenvalue weighted by Crippen LogP contribution is 2.16. The number of aromatic nitrogens is 2. The number of nitrogens with two attached hydrogens (primary N) is 1. The summed E-state index contributed by atoms with van der Waals surface area (Å²) < 4.78 is 14.2. The van der Waals surface area contributed by atoms with Crippen LogP contribution in [0.4, 0.5) is 10.2 Å². The number of anilines is 1. The van der Waals surface area contributed by atoms with Crippen molar-refractivity contribution < 1.29 is 4.39 Å². The van der Waals surface area contributed by atoms with Gasteiger partial charge in [-0.15, -0.1) is 0 Å². The van der Waals surface area contributed by atoms with Crippen LogP contribution in [0.1, 0.15) is 5.56 Å². The number of nitrogen functional groups attached to an aromatic ring is 1. The lowest BCUT2D eigenvalue weighted by atomic mass is 10.3. The Balaban J connectivity index is 2.56. The second-order valence-corrected chi connectivity index (χ2v) is 2.95. The third kappa shape index (κ3) is 1.53. The predicted molar refractivity (Wildman–Crippen MR) is 52.6 cm³/mol. The van der Waals surface area contributed by atoms with Crippen molar-refractivity contribution in [2.75, 3.05) is 5.73 Å². The molecule has 2 rings (SSSR count). The average molecular weight is 202 g/mol. The van der Waals surface area contributed by atoms with Gasteiger partial charge in [0.2, 0.25) is 0 Å². The maximum atomic E-state index is 12.9. The monoisotopic (exact) mass is 202 g/mol. The van der Waals surface area contributed by atoms with E-state index in [1.54, 1.807) is 12.1 Å². The summed E-state index contributed by atoms with van der Waals surface area (Å²) in [6.07, 6.45) is 1.35. The van der Waals surface area contributed by atoms with Crippen molar-refractivity contribution in [1.29, 1.82) is 5.26 Å². The first kappa shape index (κ1) is 9.21. The van der Waals surface area contributed by atoms with E-state index >= 15 is 0 Å². The molecule has 0 atom stereocenters. The molecule has 0 aliphatic heterocycles. The number of rotatable bonds is 1. The van der Waals surface area contributed by atoms with Crippen LogP contribution in [0.15, 0.2) is 30.5 Å². The minimum atomic E-state index is -0.374. The van der Waals surface area contributed by atoms with Crippen LogP contribution in [0.5, 0.6) is 0 Å². The molecule has 0 amide bonds. The molecule has 0 spiro atoms. The highest BCUT2D eigenvalue weighted by atomic mass is 19.1. The van der Waals surface area contributed by atoms with E-state index in [0.717, 1.165) is 0 Å². The summed E-state index contributed by atoms with van der Waals surface area (Å²) in [6, 6.07) is 7.74. The van der Waals surface area contributed by atoms with Crippen molar-refractivity contribution in [2.24, 2.45) is 0 Å². The van der Waals surface area contributed by atoms with Crippen LogP contribution in [0.3, 0.4) is 0 Å². The Labute approximate surface area is 85.4 Å². The Morgan fingerprint density at radius 1 is 1.47 bits per heavy atom. The summed E-state index contributed by atoms with van der Waals surface area (Å²) >= 11 is 0. The minimum absolute atomic E-state index is 0.211. The van der Waals surface area contributed by atoms with E-state index in [1.807, 2.05) is 6.07 Å². The highest BCUT2D eigenvalue weighted by molar-refractivity contribution is 5.52. The number of hydrogen-bond donors (Lipinski definition) is 1. The van der Waals surface area contributed by atoms with Crippen LogP contribution < -0.4 is 5.73 Å². The molecule has 15 heavy (non-hydrogen) atoms. The molecule has 74 valence electrons. The molecule has 0 bridgehead atoms. The van der Waals surface area contributed by atoms with Crippen molar-refractivity contribution in [3.05, 3.63) is 41.8 Å². The fourth-order valence-corrected chi connectivity index (χ4v) is 1.26. The van der Waals surface area contributed by atoms with Gasteiger partial charge in [-0.2, -0.15) is 10.4 Å². The molecule has 5 heteroatoms. The van der Waals surface area contributed by atoms with E-state index in [-0.39, 0.29) is 17.2 Å². The average Bonchev–Trinajstić information content (AvgIpc) is 2.59. The first-order chi connectivity index (χ1) is 7.22. The predicted octanol–water partition coefficient (Wildman–Crippen LogP) is 1.47. The number of nitriles is 1. The number of halogens is 1. The standard InChI is InChI=1S/C10H7FN4/c11-8-2-1-3-9(4-8)15-10(13)7(5-12)6-14-15/h1-4,6H,13H2. The summed E-state index contributed by atoms with van der Waals surface area (Å²) in [7, 11) is 0. The van der Waals surface area contributed by atoms with Gasteiger partial charge >= 0.3 is 0 Å². The summed E-state index contributed by atoms with van der Waals surface area (Å²) in [5, 5.41) is 12.6. The molecule has 2 aromatic rings. The normalized spacial score (nSPS) is 9.87. The molecule has 0 saturated heterocycles. The van der Waals surface area contributed by atoms with Crippen molar-refractivity contribution >= 4 is 5.82 Å². The fraction of sp³-hybridized carbons (Fsp3) is 0. The zero-order valence-electron chi connectivity index (χ0n) is 7.68. The van der Waals surface area contributed by atoms with Gasteiger partial charge < -0.3 is 5.73 Å². The lowest BCUT2D eigenvalue weighted by Crippen LogP contribution is -2.02. The first-order valence-corrected chi connectivity index (χ1v) is 4.22. The van der Waals surface area contributed by atoms with E-state index < -0.39 is 0 Å². The van der Waals surface area contributed by atoms with Crippen LogP contribution in [0.2, 0.25) is 0 Å². The van der Waals surface area contributed by atoms with E-state index in [4.69, 9.17) is 11.0 Å². The molecule has 0 saturated carbocycles. The van der Waals surface area contributed by atoms with Gasteiger partial charge in [0.15, 0.2) is 0 Å². The van der Waals surface area contributed by atoms with Gasteiger partial charge in [-0.3, -0.25) is 0 Å². The van der Waals surface area contributed by atoms with Crippen LogP contribution >= 0.6 is 0 Å². The summed E-state index contributed by atoms with van der Waals surface area (Å²) in [5.74, 6) is -0.163. The maximum absolute atomic E-state index is 12.9. The maximum Gasteiger partial charge on any atom is 0.145 e. The topological polar surface area (TPSA) is 67.6 Å². The van der Waals surface area contributed by atoms with Gasteiger partial charge in [-0.1, -0.05) is 6.07 Å². The lowest BCUT2D eigenvalue weighted by Gasteiger charge is -2.03. The molecule has 1 heterocycles. The van der Waals surface area contributed by atoms with Crippen molar-refractivity contribution in [3.63, 3.8) is 0 Å². The third-order valence-corrected chi connectivity index (χ3v) is 1.98. The minimum Gasteiger partial charge on any atom is -0.382 e. The highest BCUT2D eigenvalue weighted by Gasteiger charge is 2.08. The van der Waals surface area contributed by atoms with Crippen molar-refractivity contribution in [3.8, 4) is 11.8 Å². The van der Waals surface area contributed by atoms with E-state index in [1.165, 1.54) is 23.0 Å². The molecular weight excluding hydrogens is 195 g/mol. The Morgan fingerprint density at radius 2 is 2.27 bits per heavy atom. The first-order valence-electron chi connectivity index (χ1n) is 4.22. The zero-order chi connectivity index (χ0) is 10.8. The molecule has 0 radical (unpaired) electrons. The van der Waals surface area contributed by atoms with Crippen LogP contribution in [-0.2, 0) is 0 Å². The largest absolute Gasteiger partial charge is 0.382 e. The number of benzene rings is 1. The van der Waals surface area contributed by atoms with Crippen molar-refractivity contribution in [1.82, 2.24) is 9.78 Å². The van der Waals surface area contributed by atoms with Crippen LogP contribution in [0.25, 0.3) is 5.69 Å². The summed E-state index contributed by atoms with van der Waals surface area (Å²) in [5.41, 5.74) is 6.42.